The van der Waals surface area contributed by atoms with Gasteiger partial charge in [-0.15, -0.1) is 21.5 Å². The van der Waals surface area contributed by atoms with Gasteiger partial charge in [0.1, 0.15) is 5.75 Å². The molecule has 0 aliphatic carbocycles. The molecule has 0 saturated carbocycles. The number of benzene rings is 1. The maximum Gasteiger partial charge on any atom is 0.195 e. The van der Waals surface area contributed by atoms with Gasteiger partial charge in [0.25, 0.3) is 0 Å². The minimum atomic E-state index is 0.838. The van der Waals surface area contributed by atoms with Crippen molar-refractivity contribution >= 4 is 23.1 Å². The Morgan fingerprint density at radius 3 is 2.55 bits per heavy atom. The van der Waals surface area contributed by atoms with Crippen LogP contribution >= 0.6 is 23.1 Å². The standard InChI is InChI=1S/C14H13N3OS2/c1-18-11-7-5-10(6-8-11)17-13(12-4-3-9-20-12)15-16-14(17)19-2/h3-9H,1-2H3. The lowest BCUT2D eigenvalue weighted by Crippen LogP contribution is -1.98. The number of ether oxygens (including phenoxy) is 1. The summed E-state index contributed by atoms with van der Waals surface area (Å²) in [6, 6.07) is 12.0. The first kappa shape index (κ1) is 13.2. The highest BCUT2D eigenvalue weighted by molar-refractivity contribution is 7.98. The highest BCUT2D eigenvalue weighted by Gasteiger charge is 2.15. The van der Waals surface area contributed by atoms with Gasteiger partial charge in [0.2, 0.25) is 0 Å². The van der Waals surface area contributed by atoms with Gasteiger partial charge >= 0.3 is 0 Å². The molecule has 1 aromatic carbocycles. The van der Waals surface area contributed by atoms with E-state index in [1.165, 1.54) is 0 Å². The molecule has 0 bridgehead atoms. The number of hydrogen-bond donors (Lipinski definition) is 0. The van der Waals surface area contributed by atoms with E-state index in [4.69, 9.17) is 4.74 Å². The van der Waals surface area contributed by atoms with Crippen molar-refractivity contribution in [1.82, 2.24) is 14.8 Å². The lowest BCUT2D eigenvalue weighted by molar-refractivity contribution is 0.414. The third-order valence-corrected chi connectivity index (χ3v) is 4.38. The average molecular weight is 303 g/mol. The third kappa shape index (κ3) is 2.32. The van der Waals surface area contributed by atoms with Crippen molar-refractivity contribution in [2.24, 2.45) is 0 Å². The predicted octanol–water partition coefficient (Wildman–Crippen LogP) is 3.73. The second-order valence-corrected chi connectivity index (χ2v) is 5.74. The largest absolute Gasteiger partial charge is 0.497 e. The molecule has 4 nitrogen and oxygen atoms in total. The van der Waals surface area contributed by atoms with E-state index in [9.17, 15) is 0 Å². The quantitative estimate of drug-likeness (QED) is 0.689. The van der Waals surface area contributed by atoms with Gasteiger partial charge < -0.3 is 4.74 Å². The molecule has 0 atom stereocenters. The van der Waals surface area contributed by atoms with Gasteiger partial charge in [-0.05, 0) is 42.0 Å². The summed E-state index contributed by atoms with van der Waals surface area (Å²) in [5.74, 6) is 1.71. The van der Waals surface area contributed by atoms with Crippen LogP contribution in [0.5, 0.6) is 5.75 Å². The zero-order valence-electron chi connectivity index (χ0n) is 11.1. The number of nitrogens with zero attached hydrogens (tertiary/aromatic N) is 3. The van der Waals surface area contributed by atoms with E-state index in [1.54, 1.807) is 30.2 Å². The lowest BCUT2D eigenvalue weighted by Gasteiger charge is -2.09. The second kappa shape index (κ2) is 5.68. The van der Waals surface area contributed by atoms with Crippen molar-refractivity contribution in [3.8, 4) is 22.1 Å². The lowest BCUT2D eigenvalue weighted by atomic mass is 10.3. The Hall–Kier alpha value is -1.79. The van der Waals surface area contributed by atoms with Crippen LogP contribution in [0.1, 0.15) is 0 Å². The van der Waals surface area contributed by atoms with E-state index in [-0.39, 0.29) is 0 Å². The van der Waals surface area contributed by atoms with Crippen LogP contribution in [0.4, 0.5) is 0 Å². The highest BCUT2D eigenvalue weighted by Crippen LogP contribution is 2.30. The molecule has 3 aromatic rings. The van der Waals surface area contributed by atoms with Crippen LogP contribution in [-0.4, -0.2) is 28.1 Å². The number of rotatable bonds is 4. The van der Waals surface area contributed by atoms with E-state index in [1.807, 2.05) is 42.0 Å². The molecule has 0 spiro atoms. The Morgan fingerprint density at radius 1 is 1.15 bits per heavy atom. The van der Waals surface area contributed by atoms with Crippen LogP contribution < -0.4 is 4.74 Å². The summed E-state index contributed by atoms with van der Waals surface area (Å²) in [6.45, 7) is 0. The smallest absolute Gasteiger partial charge is 0.195 e. The van der Waals surface area contributed by atoms with Crippen molar-refractivity contribution in [1.29, 1.82) is 0 Å². The topological polar surface area (TPSA) is 39.9 Å². The number of aromatic nitrogens is 3. The first-order valence-corrected chi connectivity index (χ1v) is 8.11. The van der Waals surface area contributed by atoms with E-state index in [2.05, 4.69) is 20.8 Å². The van der Waals surface area contributed by atoms with Crippen molar-refractivity contribution in [3.63, 3.8) is 0 Å². The molecule has 0 N–H and O–H groups in total. The zero-order chi connectivity index (χ0) is 13.9. The molecule has 2 heterocycles. The summed E-state index contributed by atoms with van der Waals surface area (Å²) in [4.78, 5) is 1.11. The van der Waals surface area contributed by atoms with Crippen molar-refractivity contribution in [2.45, 2.75) is 5.16 Å². The molecule has 102 valence electrons. The maximum atomic E-state index is 5.20. The summed E-state index contributed by atoms with van der Waals surface area (Å²) < 4.78 is 7.27. The van der Waals surface area contributed by atoms with Gasteiger partial charge in [-0.2, -0.15) is 0 Å². The van der Waals surface area contributed by atoms with Crippen LogP contribution in [0.25, 0.3) is 16.4 Å². The van der Waals surface area contributed by atoms with Gasteiger partial charge in [0, 0.05) is 0 Å². The minimum Gasteiger partial charge on any atom is -0.497 e. The monoisotopic (exact) mass is 303 g/mol. The van der Waals surface area contributed by atoms with Crippen LogP contribution in [0.3, 0.4) is 0 Å². The molecule has 0 amide bonds. The summed E-state index contributed by atoms with van der Waals surface area (Å²) in [6.07, 6.45) is 2.00. The maximum absolute atomic E-state index is 5.20. The highest BCUT2D eigenvalue weighted by atomic mass is 32.2. The molecule has 3 rings (SSSR count). The van der Waals surface area contributed by atoms with Crippen molar-refractivity contribution < 1.29 is 4.74 Å². The number of methoxy groups -OCH3 is 1. The summed E-state index contributed by atoms with van der Waals surface area (Å²) in [5, 5.41) is 11.5. The predicted molar refractivity (Wildman–Crippen MR) is 83.0 cm³/mol. The number of hydrogen-bond acceptors (Lipinski definition) is 5. The van der Waals surface area contributed by atoms with Gasteiger partial charge in [-0.3, -0.25) is 4.57 Å². The second-order valence-electron chi connectivity index (χ2n) is 4.02. The van der Waals surface area contributed by atoms with Crippen LogP contribution in [0, 0.1) is 0 Å². The molecular weight excluding hydrogens is 290 g/mol. The summed E-state index contributed by atoms with van der Waals surface area (Å²) in [7, 11) is 1.66. The average Bonchev–Trinajstić information content (AvgIpc) is 3.15. The molecule has 0 unspecified atom stereocenters. The van der Waals surface area contributed by atoms with Crippen molar-refractivity contribution in [3.05, 3.63) is 41.8 Å². The fourth-order valence-corrected chi connectivity index (χ4v) is 3.13. The fraction of sp³-hybridized carbons (Fsp3) is 0.143. The Balaban J connectivity index is 2.13. The Kier molecular flexibility index (Phi) is 3.75. The normalized spacial score (nSPS) is 10.7. The van der Waals surface area contributed by atoms with Gasteiger partial charge in [-0.1, -0.05) is 17.8 Å². The van der Waals surface area contributed by atoms with Crippen molar-refractivity contribution in [2.75, 3.05) is 13.4 Å². The van der Waals surface area contributed by atoms with Gasteiger partial charge in [0.05, 0.1) is 17.7 Å². The third-order valence-electron chi connectivity index (χ3n) is 2.89. The van der Waals surface area contributed by atoms with Crippen LogP contribution in [-0.2, 0) is 0 Å². The first-order chi connectivity index (χ1) is 9.83. The van der Waals surface area contributed by atoms with Gasteiger partial charge in [-0.25, -0.2) is 0 Å². The SMILES string of the molecule is COc1ccc(-n2c(SC)nnc2-c2cccs2)cc1. The Morgan fingerprint density at radius 2 is 1.95 bits per heavy atom. The minimum absolute atomic E-state index is 0.838. The molecule has 0 radical (unpaired) electrons. The van der Waals surface area contributed by atoms with Crippen LogP contribution in [0.2, 0.25) is 0 Å². The molecule has 0 fully saturated rings. The summed E-state index contributed by atoms with van der Waals surface area (Å²) in [5.41, 5.74) is 1.03. The summed E-state index contributed by atoms with van der Waals surface area (Å²) >= 11 is 3.24. The molecular formula is C14H13N3OS2. The molecule has 2 aromatic heterocycles. The molecule has 0 aliphatic rings. The van der Waals surface area contributed by atoms with E-state index in [0.29, 0.717) is 0 Å². The first-order valence-electron chi connectivity index (χ1n) is 6.01. The number of thioether (sulfide) groups is 1. The molecule has 6 heteroatoms. The fourth-order valence-electron chi connectivity index (χ4n) is 1.93. The molecule has 0 saturated heterocycles. The van der Waals surface area contributed by atoms with E-state index in [0.717, 1.165) is 27.3 Å². The molecule has 0 aliphatic heterocycles. The Bertz CT molecular complexity index is 690. The van der Waals surface area contributed by atoms with E-state index < -0.39 is 0 Å². The zero-order valence-corrected chi connectivity index (χ0v) is 12.7. The Labute approximate surface area is 125 Å². The van der Waals surface area contributed by atoms with Gasteiger partial charge in [0.15, 0.2) is 11.0 Å². The molecule has 20 heavy (non-hydrogen) atoms. The van der Waals surface area contributed by atoms with E-state index >= 15 is 0 Å². The van der Waals surface area contributed by atoms with Crippen LogP contribution in [0.15, 0.2) is 46.9 Å². The number of thiophene rings is 1.